The van der Waals surface area contributed by atoms with Gasteiger partial charge < -0.3 is 10.6 Å². The third-order valence-electron chi connectivity index (χ3n) is 4.94. The Kier molecular flexibility index (Phi) is 7.12. The zero-order valence-electron chi connectivity index (χ0n) is 18.9. The number of nitrogens with zero attached hydrogens (tertiary/aromatic N) is 2. The molecular weight excluding hydrogens is 420 g/mol. The summed E-state index contributed by atoms with van der Waals surface area (Å²) in [6, 6.07) is 40.7. The highest BCUT2D eigenvalue weighted by atomic mass is 28.3. The molecule has 0 atom stereocenters. The Morgan fingerprint density at radius 2 is 0.788 bits per heavy atom. The minimum absolute atomic E-state index is 0.828. The first-order valence-corrected chi connectivity index (χ1v) is 13.9. The van der Waals surface area contributed by atoms with E-state index in [2.05, 4.69) is 48.0 Å². The fourth-order valence-electron chi connectivity index (χ4n) is 3.41. The molecule has 0 aromatic heterocycles. The van der Waals surface area contributed by atoms with Gasteiger partial charge in [0.25, 0.3) is 0 Å². The lowest BCUT2D eigenvalue weighted by Crippen LogP contribution is -2.30. The van der Waals surface area contributed by atoms with Crippen LogP contribution in [0.25, 0.3) is 0 Å². The van der Waals surface area contributed by atoms with Crippen LogP contribution in [0.3, 0.4) is 0 Å². The van der Waals surface area contributed by atoms with Crippen LogP contribution >= 0.6 is 0 Å². The fourth-order valence-corrected chi connectivity index (χ4v) is 4.92. The van der Waals surface area contributed by atoms with E-state index < -0.39 is 8.40 Å². The molecule has 5 heteroatoms. The Bertz CT molecular complexity index is 1110. The van der Waals surface area contributed by atoms with Crippen molar-refractivity contribution in [3.8, 4) is 0 Å². The average Bonchev–Trinajstić information content (AvgIpc) is 2.85. The molecule has 4 aromatic rings. The summed E-state index contributed by atoms with van der Waals surface area (Å²) in [5, 5.41) is 7.02. The molecule has 0 amide bonds. The van der Waals surface area contributed by atoms with E-state index in [-0.39, 0.29) is 0 Å². The van der Waals surface area contributed by atoms with E-state index in [9.17, 15) is 0 Å². The van der Waals surface area contributed by atoms with Gasteiger partial charge in [-0.3, -0.25) is 9.32 Å². The Labute approximate surface area is 196 Å². The molecule has 0 aliphatic carbocycles. The van der Waals surface area contributed by atoms with Crippen LogP contribution in [0.15, 0.2) is 131 Å². The highest BCUT2D eigenvalue weighted by molar-refractivity contribution is 6.76. The van der Waals surface area contributed by atoms with Gasteiger partial charge >= 0.3 is 8.40 Å². The lowest BCUT2D eigenvalue weighted by Gasteiger charge is -2.20. The van der Waals surface area contributed by atoms with Crippen molar-refractivity contribution in [1.82, 2.24) is 0 Å². The number of para-hydroxylation sites is 2. The van der Waals surface area contributed by atoms with Crippen molar-refractivity contribution in [1.29, 1.82) is 0 Å². The van der Waals surface area contributed by atoms with Crippen LogP contribution in [-0.2, 0) is 0 Å². The number of hydrogen-bond acceptors (Lipinski definition) is 2. The highest BCUT2D eigenvalue weighted by Crippen LogP contribution is 2.17. The van der Waals surface area contributed by atoms with Gasteiger partial charge in [-0.15, -0.1) is 0 Å². The van der Waals surface area contributed by atoms with Crippen molar-refractivity contribution in [2.75, 3.05) is 10.6 Å². The van der Waals surface area contributed by atoms with E-state index in [1.807, 2.05) is 97.1 Å². The van der Waals surface area contributed by atoms with Gasteiger partial charge in [0.15, 0.2) is 0 Å². The quantitative estimate of drug-likeness (QED) is 0.193. The molecule has 0 unspecified atom stereocenters. The summed E-state index contributed by atoms with van der Waals surface area (Å²) in [6.45, 7) is 4.30. The van der Waals surface area contributed by atoms with Gasteiger partial charge in [-0.1, -0.05) is 97.1 Å². The molecule has 0 bridgehead atoms. The SMILES string of the molecule is C[Si](C)(N=C(Nc1ccccc1)c1ccccc1)N=C(Nc1ccccc1)c1ccccc1. The molecule has 0 heterocycles. The molecule has 4 nitrogen and oxygen atoms in total. The molecule has 2 N–H and O–H groups in total. The standard InChI is InChI=1S/C28H28N4Si/c1-33(2,31-27(23-15-7-3-8-16-23)29-25-19-11-5-12-20-25)32-28(24-17-9-4-10-18-24)30-26-21-13-6-14-22-26/h3-22H,1-2H3,(H,29,31)(H,30,32). The minimum Gasteiger partial charge on any atom is -0.341 e. The number of rotatable bonds is 6. The third-order valence-corrected chi connectivity index (χ3v) is 6.48. The van der Waals surface area contributed by atoms with Gasteiger partial charge in [0.1, 0.15) is 11.7 Å². The predicted octanol–water partition coefficient (Wildman–Crippen LogP) is 6.81. The topological polar surface area (TPSA) is 48.8 Å². The predicted molar refractivity (Wildman–Crippen MR) is 144 cm³/mol. The fraction of sp³-hybridized carbons (Fsp3) is 0.0714. The lowest BCUT2D eigenvalue weighted by molar-refractivity contribution is 1.42. The van der Waals surface area contributed by atoms with Gasteiger partial charge in [0.05, 0.1) is 0 Å². The molecule has 4 aromatic carbocycles. The number of amidine groups is 2. The smallest absolute Gasteiger partial charge is 0.301 e. The molecule has 33 heavy (non-hydrogen) atoms. The van der Waals surface area contributed by atoms with Gasteiger partial charge in [-0.25, -0.2) is 0 Å². The first-order valence-electron chi connectivity index (χ1n) is 11.0. The maximum atomic E-state index is 5.20. The Hall–Kier alpha value is -3.96. The second-order valence-corrected chi connectivity index (χ2v) is 11.6. The third kappa shape index (κ3) is 6.51. The van der Waals surface area contributed by atoms with E-state index in [1.165, 1.54) is 0 Å². The zero-order valence-corrected chi connectivity index (χ0v) is 19.9. The van der Waals surface area contributed by atoms with Gasteiger partial charge in [0.2, 0.25) is 0 Å². The van der Waals surface area contributed by atoms with Gasteiger partial charge in [-0.05, 0) is 37.4 Å². The number of hydrogen-bond donors (Lipinski definition) is 2. The van der Waals surface area contributed by atoms with Crippen LogP contribution in [0.1, 0.15) is 11.1 Å². The van der Waals surface area contributed by atoms with E-state index in [4.69, 9.17) is 9.32 Å². The molecule has 0 saturated carbocycles. The first-order chi connectivity index (χ1) is 16.1. The van der Waals surface area contributed by atoms with E-state index in [0.29, 0.717) is 0 Å². The van der Waals surface area contributed by atoms with E-state index in [1.54, 1.807) is 0 Å². The molecule has 164 valence electrons. The summed E-state index contributed by atoms with van der Waals surface area (Å²) < 4.78 is 10.4. The summed E-state index contributed by atoms with van der Waals surface area (Å²) >= 11 is 0. The monoisotopic (exact) mass is 448 g/mol. The Morgan fingerprint density at radius 3 is 1.12 bits per heavy atom. The molecule has 0 radical (unpaired) electrons. The van der Waals surface area contributed by atoms with Gasteiger partial charge in [0, 0.05) is 22.5 Å². The van der Waals surface area contributed by atoms with E-state index >= 15 is 0 Å². The number of nitrogens with one attached hydrogen (secondary N) is 2. The van der Waals surface area contributed by atoms with Crippen LogP contribution < -0.4 is 10.6 Å². The maximum absolute atomic E-state index is 5.20. The second-order valence-electron chi connectivity index (χ2n) is 8.13. The number of benzene rings is 4. The van der Waals surface area contributed by atoms with Crippen LogP contribution in [0.5, 0.6) is 0 Å². The number of anilines is 2. The molecule has 0 aliphatic heterocycles. The van der Waals surface area contributed by atoms with Crippen molar-refractivity contribution in [2.24, 2.45) is 9.32 Å². The lowest BCUT2D eigenvalue weighted by atomic mass is 10.2. The summed E-state index contributed by atoms with van der Waals surface area (Å²) in [6.07, 6.45) is 0. The van der Waals surface area contributed by atoms with Crippen LogP contribution in [-0.4, -0.2) is 20.1 Å². The molecule has 0 fully saturated rings. The van der Waals surface area contributed by atoms with E-state index in [0.717, 1.165) is 34.2 Å². The normalized spacial score (nSPS) is 12.3. The average molecular weight is 449 g/mol. The summed E-state index contributed by atoms with van der Waals surface area (Å²) in [7, 11) is -2.45. The van der Waals surface area contributed by atoms with Crippen LogP contribution in [0.4, 0.5) is 11.4 Å². The van der Waals surface area contributed by atoms with Crippen LogP contribution in [0.2, 0.25) is 13.1 Å². The first kappa shape index (κ1) is 22.2. The Balaban J connectivity index is 1.74. The minimum atomic E-state index is -2.45. The molecular formula is C28H28N4Si. The summed E-state index contributed by atoms with van der Waals surface area (Å²) in [4.78, 5) is 0. The molecule has 0 saturated heterocycles. The summed E-state index contributed by atoms with van der Waals surface area (Å²) in [5.41, 5.74) is 4.07. The molecule has 4 rings (SSSR count). The Morgan fingerprint density at radius 1 is 0.485 bits per heavy atom. The summed E-state index contributed by atoms with van der Waals surface area (Å²) in [5.74, 6) is 1.66. The van der Waals surface area contributed by atoms with Crippen molar-refractivity contribution in [3.63, 3.8) is 0 Å². The largest absolute Gasteiger partial charge is 0.341 e. The molecule has 0 spiro atoms. The molecule has 0 aliphatic rings. The maximum Gasteiger partial charge on any atom is 0.301 e. The second kappa shape index (κ2) is 10.6. The van der Waals surface area contributed by atoms with Crippen molar-refractivity contribution >= 4 is 31.4 Å². The van der Waals surface area contributed by atoms with Crippen molar-refractivity contribution in [3.05, 3.63) is 132 Å². The highest BCUT2D eigenvalue weighted by Gasteiger charge is 2.23. The van der Waals surface area contributed by atoms with Crippen molar-refractivity contribution < 1.29 is 0 Å². The zero-order chi connectivity index (χ0) is 22.9. The van der Waals surface area contributed by atoms with Crippen LogP contribution in [0, 0.1) is 0 Å². The van der Waals surface area contributed by atoms with Gasteiger partial charge in [-0.2, -0.15) is 0 Å². The van der Waals surface area contributed by atoms with Crippen molar-refractivity contribution in [2.45, 2.75) is 13.1 Å².